The second kappa shape index (κ2) is 5.23. The molecule has 0 bridgehead atoms. The first-order valence-corrected chi connectivity index (χ1v) is 7.55. The summed E-state index contributed by atoms with van der Waals surface area (Å²) in [5, 5.41) is 2.75. The number of para-hydroxylation sites is 1. The quantitative estimate of drug-likeness (QED) is 0.685. The van der Waals surface area contributed by atoms with Crippen LogP contribution in [0.1, 0.15) is 22.5 Å². The average Bonchev–Trinajstić information content (AvgIpc) is 3.20. The SMILES string of the molecule is O=C(CN1C(=O)NC2(CCOc3ccccc32)C1=O)c1ccco1. The summed E-state index contributed by atoms with van der Waals surface area (Å²) in [4.78, 5) is 38.4. The number of hydrogen-bond donors (Lipinski definition) is 1. The zero-order valence-electron chi connectivity index (χ0n) is 12.7. The van der Waals surface area contributed by atoms with Gasteiger partial charge in [-0.2, -0.15) is 0 Å². The summed E-state index contributed by atoms with van der Waals surface area (Å²) >= 11 is 0. The Balaban J connectivity index is 1.66. The number of urea groups is 1. The molecule has 1 N–H and O–H groups in total. The maximum atomic E-state index is 13.0. The van der Waals surface area contributed by atoms with Crippen molar-refractivity contribution in [1.82, 2.24) is 10.2 Å². The van der Waals surface area contributed by atoms with Crippen molar-refractivity contribution in [2.75, 3.05) is 13.2 Å². The van der Waals surface area contributed by atoms with Crippen molar-refractivity contribution >= 4 is 17.7 Å². The van der Waals surface area contributed by atoms with Gasteiger partial charge in [0.25, 0.3) is 5.91 Å². The van der Waals surface area contributed by atoms with Crippen LogP contribution in [0.2, 0.25) is 0 Å². The molecule has 0 radical (unpaired) electrons. The molecule has 1 spiro atoms. The molecule has 2 aliphatic heterocycles. The summed E-state index contributed by atoms with van der Waals surface area (Å²) in [6.07, 6.45) is 1.69. The van der Waals surface area contributed by atoms with Gasteiger partial charge in [0.15, 0.2) is 11.3 Å². The van der Waals surface area contributed by atoms with E-state index >= 15 is 0 Å². The molecule has 2 aliphatic rings. The molecule has 1 fully saturated rings. The van der Waals surface area contributed by atoms with E-state index in [1.807, 2.05) is 0 Å². The number of furan rings is 1. The van der Waals surface area contributed by atoms with E-state index in [4.69, 9.17) is 9.15 Å². The van der Waals surface area contributed by atoms with Crippen molar-refractivity contribution < 1.29 is 23.5 Å². The molecule has 7 nitrogen and oxygen atoms in total. The maximum Gasteiger partial charge on any atom is 0.325 e. The number of nitrogens with one attached hydrogen (secondary N) is 1. The molecule has 1 unspecified atom stereocenters. The first kappa shape index (κ1) is 14.5. The van der Waals surface area contributed by atoms with Gasteiger partial charge in [0.1, 0.15) is 5.75 Å². The van der Waals surface area contributed by atoms with Crippen LogP contribution in [0.4, 0.5) is 4.79 Å². The Hall–Kier alpha value is -3.09. The van der Waals surface area contributed by atoms with Gasteiger partial charge >= 0.3 is 6.03 Å². The number of carbonyl (C=O) groups excluding carboxylic acids is 3. The minimum absolute atomic E-state index is 0.115. The van der Waals surface area contributed by atoms with Gasteiger partial charge in [0.2, 0.25) is 5.78 Å². The number of benzene rings is 1. The Bertz CT molecular complexity index is 829. The van der Waals surface area contributed by atoms with Crippen LogP contribution < -0.4 is 10.1 Å². The predicted molar refractivity (Wildman–Crippen MR) is 81.5 cm³/mol. The third-order valence-corrected chi connectivity index (χ3v) is 4.35. The highest BCUT2D eigenvalue weighted by Gasteiger charge is 2.55. The van der Waals surface area contributed by atoms with Gasteiger partial charge in [0.05, 0.1) is 19.4 Å². The Morgan fingerprint density at radius 2 is 2.04 bits per heavy atom. The van der Waals surface area contributed by atoms with Gasteiger partial charge in [-0.25, -0.2) is 4.79 Å². The summed E-state index contributed by atoms with van der Waals surface area (Å²) in [5.41, 5.74) is -0.558. The Morgan fingerprint density at radius 1 is 1.21 bits per heavy atom. The van der Waals surface area contributed by atoms with Crippen molar-refractivity contribution in [3.8, 4) is 5.75 Å². The number of ether oxygens (including phenoxy) is 1. The number of carbonyl (C=O) groups is 3. The summed E-state index contributed by atoms with van der Waals surface area (Å²) in [6, 6.07) is 9.59. The predicted octanol–water partition coefficient (Wildman–Crippen LogP) is 1.69. The molecule has 1 aromatic carbocycles. The summed E-state index contributed by atoms with van der Waals surface area (Å²) in [7, 11) is 0. The van der Waals surface area contributed by atoms with Crippen LogP contribution in [-0.4, -0.2) is 35.8 Å². The summed E-state index contributed by atoms with van der Waals surface area (Å²) in [6.45, 7) is -0.0496. The lowest BCUT2D eigenvalue weighted by molar-refractivity contribution is -0.132. The van der Waals surface area contributed by atoms with Gasteiger partial charge in [-0.1, -0.05) is 18.2 Å². The number of Topliss-reactive ketones (excluding diaryl/α,β-unsaturated/α-hetero) is 1. The first-order valence-electron chi connectivity index (χ1n) is 7.55. The van der Waals surface area contributed by atoms with Crippen LogP contribution in [0, 0.1) is 0 Å². The largest absolute Gasteiger partial charge is 0.493 e. The van der Waals surface area contributed by atoms with Crippen LogP contribution in [0.15, 0.2) is 47.1 Å². The van der Waals surface area contributed by atoms with E-state index in [0.717, 1.165) is 4.90 Å². The lowest BCUT2D eigenvalue weighted by atomic mass is 9.84. The fourth-order valence-electron chi connectivity index (χ4n) is 3.17. The molecule has 1 atom stereocenters. The number of imide groups is 1. The highest BCUT2D eigenvalue weighted by atomic mass is 16.5. The van der Waals surface area contributed by atoms with E-state index in [2.05, 4.69) is 5.32 Å². The second-order valence-corrected chi connectivity index (χ2v) is 5.72. The number of hydrogen-bond acceptors (Lipinski definition) is 5. The van der Waals surface area contributed by atoms with Crippen LogP contribution in [0.25, 0.3) is 0 Å². The molecule has 1 aromatic heterocycles. The second-order valence-electron chi connectivity index (χ2n) is 5.72. The maximum absolute atomic E-state index is 13.0. The lowest BCUT2D eigenvalue weighted by Gasteiger charge is -2.33. The zero-order valence-corrected chi connectivity index (χ0v) is 12.7. The molecule has 3 amide bonds. The number of ketones is 1. The topological polar surface area (TPSA) is 88.9 Å². The fourth-order valence-corrected chi connectivity index (χ4v) is 3.17. The van der Waals surface area contributed by atoms with E-state index in [1.54, 1.807) is 30.3 Å². The number of fused-ring (bicyclic) bond motifs is 2. The number of rotatable bonds is 3. The number of nitrogens with zero attached hydrogens (tertiary/aromatic N) is 1. The van der Waals surface area contributed by atoms with Gasteiger partial charge in [-0.15, -0.1) is 0 Å². The molecule has 122 valence electrons. The zero-order chi connectivity index (χ0) is 16.7. The van der Waals surface area contributed by atoms with Gasteiger partial charge < -0.3 is 14.5 Å². The van der Waals surface area contributed by atoms with Gasteiger partial charge in [-0.05, 0) is 18.2 Å². The standard InChI is InChI=1S/C17H14N2O5/c20-12(14-6-3-8-23-14)10-19-15(21)17(18-16(19)22)7-9-24-13-5-2-1-4-11(13)17/h1-6,8H,7,9-10H2,(H,18,22). The molecular weight excluding hydrogens is 312 g/mol. The smallest absolute Gasteiger partial charge is 0.325 e. The van der Waals surface area contributed by atoms with Crippen molar-refractivity contribution in [3.63, 3.8) is 0 Å². The van der Waals surface area contributed by atoms with Crippen molar-refractivity contribution in [3.05, 3.63) is 54.0 Å². The third kappa shape index (κ3) is 2.01. The van der Waals surface area contributed by atoms with Gasteiger partial charge in [0, 0.05) is 12.0 Å². The molecule has 7 heteroatoms. The summed E-state index contributed by atoms with van der Waals surface area (Å²) < 4.78 is 10.6. The number of amides is 3. The average molecular weight is 326 g/mol. The molecule has 4 rings (SSSR count). The lowest BCUT2D eigenvalue weighted by Crippen LogP contribution is -2.47. The Kier molecular flexibility index (Phi) is 3.16. The van der Waals surface area contributed by atoms with E-state index < -0.39 is 23.3 Å². The highest BCUT2D eigenvalue weighted by Crippen LogP contribution is 2.40. The summed E-state index contributed by atoms with van der Waals surface area (Å²) in [5.74, 6) is -0.190. The van der Waals surface area contributed by atoms with Crippen LogP contribution in [0.3, 0.4) is 0 Å². The van der Waals surface area contributed by atoms with E-state index in [0.29, 0.717) is 24.3 Å². The van der Waals surface area contributed by atoms with Crippen molar-refractivity contribution in [2.45, 2.75) is 12.0 Å². The van der Waals surface area contributed by atoms with Crippen LogP contribution >= 0.6 is 0 Å². The van der Waals surface area contributed by atoms with E-state index in [9.17, 15) is 14.4 Å². The molecule has 1 saturated heterocycles. The minimum atomic E-state index is -1.17. The normalized spacial score (nSPS) is 22.2. The van der Waals surface area contributed by atoms with Crippen molar-refractivity contribution in [1.29, 1.82) is 0 Å². The third-order valence-electron chi connectivity index (χ3n) is 4.35. The van der Waals surface area contributed by atoms with E-state index in [1.165, 1.54) is 12.3 Å². The Labute approximate surface area is 137 Å². The molecule has 2 aromatic rings. The monoisotopic (exact) mass is 326 g/mol. The van der Waals surface area contributed by atoms with E-state index in [-0.39, 0.29) is 12.3 Å². The minimum Gasteiger partial charge on any atom is -0.493 e. The Morgan fingerprint density at radius 3 is 2.83 bits per heavy atom. The molecule has 24 heavy (non-hydrogen) atoms. The van der Waals surface area contributed by atoms with Crippen LogP contribution in [0.5, 0.6) is 5.75 Å². The van der Waals surface area contributed by atoms with Crippen LogP contribution in [-0.2, 0) is 10.3 Å². The first-order chi connectivity index (χ1) is 11.6. The molecule has 0 aliphatic carbocycles. The molecule has 3 heterocycles. The highest BCUT2D eigenvalue weighted by molar-refractivity contribution is 6.11. The molecule has 0 saturated carbocycles. The molecular formula is C17H14N2O5. The fraction of sp³-hybridized carbons (Fsp3) is 0.235. The van der Waals surface area contributed by atoms with Crippen molar-refractivity contribution in [2.24, 2.45) is 0 Å². The van der Waals surface area contributed by atoms with Gasteiger partial charge in [-0.3, -0.25) is 14.5 Å².